The molecule has 0 aromatic carbocycles. The van der Waals surface area contributed by atoms with E-state index >= 15 is 0 Å². The average molecular weight is 255 g/mol. The number of nitrogens with zero attached hydrogens (tertiary/aromatic N) is 2. The van der Waals surface area contributed by atoms with Crippen molar-refractivity contribution in [2.75, 3.05) is 0 Å². The highest BCUT2D eigenvalue weighted by molar-refractivity contribution is 7.17. The molecule has 4 heteroatoms. The van der Waals surface area contributed by atoms with Crippen LogP contribution >= 0.6 is 22.9 Å². The standard InChI is InChI=1S/C12H15ClN2S/c1-12(2,3)10-7-8(11(13)16-10)9-5-6-15(4)14-9/h5-7H,1-4H3. The molecule has 2 nitrogen and oxygen atoms in total. The van der Waals surface area contributed by atoms with E-state index in [1.54, 1.807) is 16.0 Å². The third-order valence-electron chi connectivity index (χ3n) is 2.42. The number of thiophene rings is 1. The van der Waals surface area contributed by atoms with Crippen LogP contribution in [0.15, 0.2) is 18.3 Å². The van der Waals surface area contributed by atoms with Crippen LogP contribution in [0.25, 0.3) is 11.3 Å². The van der Waals surface area contributed by atoms with Gasteiger partial charge in [-0.15, -0.1) is 11.3 Å². The van der Waals surface area contributed by atoms with Crippen LogP contribution < -0.4 is 0 Å². The van der Waals surface area contributed by atoms with Crippen molar-refractivity contribution in [3.8, 4) is 11.3 Å². The van der Waals surface area contributed by atoms with Gasteiger partial charge in [-0.3, -0.25) is 4.68 Å². The highest BCUT2D eigenvalue weighted by Crippen LogP contribution is 2.39. The Kier molecular flexibility index (Phi) is 2.84. The van der Waals surface area contributed by atoms with Crippen molar-refractivity contribution in [3.05, 3.63) is 27.5 Å². The first-order chi connectivity index (χ1) is 7.38. The first kappa shape index (κ1) is 11.7. The molecule has 0 amide bonds. The lowest BCUT2D eigenvalue weighted by molar-refractivity contribution is 0.604. The lowest BCUT2D eigenvalue weighted by Crippen LogP contribution is -2.07. The summed E-state index contributed by atoms with van der Waals surface area (Å²) in [5.41, 5.74) is 2.12. The van der Waals surface area contributed by atoms with Gasteiger partial charge >= 0.3 is 0 Å². The predicted octanol–water partition coefficient (Wildman–Crippen LogP) is 4.10. The van der Waals surface area contributed by atoms with Crippen molar-refractivity contribution >= 4 is 22.9 Å². The molecule has 0 saturated heterocycles. The van der Waals surface area contributed by atoms with Gasteiger partial charge in [0.1, 0.15) is 4.34 Å². The van der Waals surface area contributed by atoms with Crippen LogP contribution in [0.4, 0.5) is 0 Å². The zero-order valence-electron chi connectivity index (χ0n) is 9.91. The number of aryl methyl sites for hydroxylation is 1. The van der Waals surface area contributed by atoms with E-state index in [1.165, 1.54) is 4.88 Å². The molecule has 2 rings (SSSR count). The third-order valence-corrected chi connectivity index (χ3v) is 4.20. The topological polar surface area (TPSA) is 17.8 Å². The highest BCUT2D eigenvalue weighted by Gasteiger charge is 2.20. The van der Waals surface area contributed by atoms with Gasteiger partial charge in [0.15, 0.2) is 0 Å². The van der Waals surface area contributed by atoms with Crippen LogP contribution in [-0.4, -0.2) is 9.78 Å². The van der Waals surface area contributed by atoms with Crippen LogP contribution in [0.3, 0.4) is 0 Å². The second-order valence-corrected chi connectivity index (χ2v) is 6.58. The van der Waals surface area contributed by atoms with Crippen LogP contribution in [0, 0.1) is 0 Å². The van der Waals surface area contributed by atoms with E-state index in [9.17, 15) is 0 Å². The van der Waals surface area contributed by atoms with E-state index in [0.717, 1.165) is 15.6 Å². The van der Waals surface area contributed by atoms with E-state index in [1.807, 2.05) is 19.3 Å². The Balaban J connectivity index is 2.47. The summed E-state index contributed by atoms with van der Waals surface area (Å²) in [6.45, 7) is 6.58. The zero-order valence-corrected chi connectivity index (χ0v) is 11.5. The maximum atomic E-state index is 6.26. The predicted molar refractivity (Wildman–Crippen MR) is 70.2 cm³/mol. The molecule has 0 unspecified atom stereocenters. The number of rotatable bonds is 1. The Bertz CT molecular complexity index is 505. The van der Waals surface area contributed by atoms with Crippen LogP contribution in [0.1, 0.15) is 25.6 Å². The van der Waals surface area contributed by atoms with Crippen LogP contribution in [-0.2, 0) is 12.5 Å². The van der Waals surface area contributed by atoms with Gasteiger partial charge in [0.2, 0.25) is 0 Å². The van der Waals surface area contributed by atoms with Gasteiger partial charge < -0.3 is 0 Å². The van der Waals surface area contributed by atoms with Gasteiger partial charge in [-0.2, -0.15) is 5.10 Å². The third kappa shape index (κ3) is 2.15. The molecule has 0 aliphatic carbocycles. The second-order valence-electron chi connectivity index (χ2n) is 4.92. The van der Waals surface area contributed by atoms with Gasteiger partial charge in [0.05, 0.1) is 5.69 Å². The number of hydrogen-bond acceptors (Lipinski definition) is 2. The number of hydrogen-bond donors (Lipinski definition) is 0. The molecule has 0 aliphatic heterocycles. The first-order valence-electron chi connectivity index (χ1n) is 5.18. The summed E-state index contributed by atoms with van der Waals surface area (Å²) in [6.07, 6.45) is 1.93. The van der Waals surface area contributed by atoms with Gasteiger partial charge in [0.25, 0.3) is 0 Å². The minimum absolute atomic E-state index is 0.140. The Labute approximate surface area is 105 Å². The molecule has 0 spiro atoms. The summed E-state index contributed by atoms with van der Waals surface area (Å²) in [7, 11) is 1.91. The monoisotopic (exact) mass is 254 g/mol. The first-order valence-corrected chi connectivity index (χ1v) is 6.37. The number of halogens is 1. The SMILES string of the molecule is Cn1ccc(-c2cc(C(C)(C)C)sc2Cl)n1. The molecule has 0 radical (unpaired) electrons. The smallest absolute Gasteiger partial charge is 0.103 e. The summed E-state index contributed by atoms with van der Waals surface area (Å²) in [5.74, 6) is 0. The van der Waals surface area contributed by atoms with Crippen molar-refractivity contribution in [1.82, 2.24) is 9.78 Å². The fourth-order valence-corrected chi connectivity index (χ4v) is 2.82. The maximum absolute atomic E-state index is 6.26. The van der Waals surface area contributed by atoms with Crippen molar-refractivity contribution < 1.29 is 0 Å². The largest absolute Gasteiger partial charge is 0.275 e. The minimum atomic E-state index is 0.140. The molecule has 2 aromatic heterocycles. The lowest BCUT2D eigenvalue weighted by Gasteiger charge is -2.14. The molecule has 86 valence electrons. The fraction of sp³-hybridized carbons (Fsp3) is 0.417. The summed E-state index contributed by atoms with van der Waals surface area (Å²) < 4.78 is 2.61. The normalized spacial score (nSPS) is 12.1. The second kappa shape index (κ2) is 3.90. The molecular weight excluding hydrogens is 240 g/mol. The quantitative estimate of drug-likeness (QED) is 0.749. The van der Waals surface area contributed by atoms with Crippen LogP contribution in [0.2, 0.25) is 4.34 Å². The van der Waals surface area contributed by atoms with Crippen molar-refractivity contribution in [1.29, 1.82) is 0 Å². The van der Waals surface area contributed by atoms with Gasteiger partial charge in [-0.25, -0.2) is 0 Å². The molecule has 0 bridgehead atoms. The van der Waals surface area contributed by atoms with E-state index in [0.29, 0.717) is 0 Å². The summed E-state index contributed by atoms with van der Waals surface area (Å²) in [4.78, 5) is 1.29. The summed E-state index contributed by atoms with van der Waals surface area (Å²) in [6, 6.07) is 4.13. The van der Waals surface area contributed by atoms with E-state index in [-0.39, 0.29) is 5.41 Å². The Morgan fingerprint density at radius 2 is 2.06 bits per heavy atom. The maximum Gasteiger partial charge on any atom is 0.103 e. The van der Waals surface area contributed by atoms with Crippen molar-refractivity contribution in [2.45, 2.75) is 26.2 Å². The number of aromatic nitrogens is 2. The Hall–Kier alpha value is -0.800. The zero-order chi connectivity index (χ0) is 11.9. The van der Waals surface area contributed by atoms with Crippen molar-refractivity contribution in [3.63, 3.8) is 0 Å². The molecule has 16 heavy (non-hydrogen) atoms. The van der Waals surface area contributed by atoms with E-state index in [4.69, 9.17) is 11.6 Å². The lowest BCUT2D eigenvalue weighted by atomic mass is 9.94. The molecule has 0 saturated carbocycles. The van der Waals surface area contributed by atoms with Gasteiger partial charge in [-0.05, 0) is 17.5 Å². The molecule has 0 aliphatic rings. The Morgan fingerprint density at radius 1 is 1.38 bits per heavy atom. The van der Waals surface area contributed by atoms with Crippen LogP contribution in [0.5, 0.6) is 0 Å². The minimum Gasteiger partial charge on any atom is -0.275 e. The fourth-order valence-electron chi connectivity index (χ4n) is 1.47. The van der Waals surface area contributed by atoms with Gasteiger partial charge in [0, 0.05) is 23.7 Å². The highest BCUT2D eigenvalue weighted by atomic mass is 35.5. The molecule has 2 aromatic rings. The molecular formula is C12H15ClN2S. The van der Waals surface area contributed by atoms with Gasteiger partial charge in [-0.1, -0.05) is 32.4 Å². The molecule has 0 atom stereocenters. The molecule has 0 fully saturated rings. The molecule has 2 heterocycles. The summed E-state index contributed by atoms with van der Waals surface area (Å²) >= 11 is 7.91. The Morgan fingerprint density at radius 3 is 2.50 bits per heavy atom. The summed E-state index contributed by atoms with van der Waals surface area (Å²) in [5, 5.41) is 4.38. The van der Waals surface area contributed by atoms with Crippen molar-refractivity contribution in [2.24, 2.45) is 7.05 Å². The van der Waals surface area contributed by atoms with E-state index in [2.05, 4.69) is 31.9 Å². The van der Waals surface area contributed by atoms with E-state index < -0.39 is 0 Å². The average Bonchev–Trinajstić information content (AvgIpc) is 2.70. The molecule has 0 N–H and O–H groups in total.